The quantitative estimate of drug-likeness (QED) is 0.640. The van der Waals surface area contributed by atoms with Gasteiger partial charge in [0.05, 0.1) is 13.2 Å². The Balaban J connectivity index is 2.11. The third kappa shape index (κ3) is 6.02. The summed E-state index contributed by atoms with van der Waals surface area (Å²) in [5.74, 6) is -0.443. The largest absolute Gasteiger partial charge is 0.465 e. The summed E-state index contributed by atoms with van der Waals surface area (Å²) in [5.41, 5.74) is 2.01. The molecule has 0 aliphatic heterocycles. The molecule has 6 nitrogen and oxygen atoms in total. The molecule has 0 aliphatic carbocycles. The fourth-order valence-corrected chi connectivity index (χ4v) is 3.04. The van der Waals surface area contributed by atoms with E-state index in [1.165, 1.54) is 0 Å². The van der Waals surface area contributed by atoms with Gasteiger partial charge in [0, 0.05) is 29.5 Å². The van der Waals surface area contributed by atoms with Crippen LogP contribution in [0.3, 0.4) is 0 Å². The Morgan fingerprint density at radius 1 is 1.21 bits per heavy atom. The van der Waals surface area contributed by atoms with Gasteiger partial charge in [0.2, 0.25) is 0 Å². The van der Waals surface area contributed by atoms with Crippen LogP contribution < -0.4 is 5.32 Å². The fourth-order valence-electron chi connectivity index (χ4n) is 2.84. The minimum atomic E-state index is -0.443. The molecule has 152 valence electrons. The molecule has 0 spiro atoms. The Labute approximate surface area is 171 Å². The van der Waals surface area contributed by atoms with Gasteiger partial charge < -0.3 is 19.5 Å². The van der Waals surface area contributed by atoms with Crippen molar-refractivity contribution in [2.24, 2.45) is 0 Å². The molecule has 0 saturated carbocycles. The molecule has 1 aromatic heterocycles. The number of amides is 2. The maximum atomic E-state index is 12.7. The average Bonchev–Trinajstić information content (AvgIpc) is 3.12. The van der Waals surface area contributed by atoms with Crippen LogP contribution in [0.5, 0.6) is 0 Å². The highest BCUT2D eigenvalue weighted by Gasteiger charge is 2.21. The summed E-state index contributed by atoms with van der Waals surface area (Å²) in [7, 11) is 0. The Morgan fingerprint density at radius 3 is 2.64 bits per heavy atom. The first-order chi connectivity index (χ1) is 13.5. The number of benzene rings is 1. The van der Waals surface area contributed by atoms with E-state index in [4.69, 9.17) is 16.3 Å². The summed E-state index contributed by atoms with van der Waals surface area (Å²) in [4.78, 5) is 26.0. The van der Waals surface area contributed by atoms with Crippen LogP contribution in [0, 0.1) is 0 Å². The zero-order valence-electron chi connectivity index (χ0n) is 16.7. The third-order valence-electron chi connectivity index (χ3n) is 4.63. The molecule has 28 heavy (non-hydrogen) atoms. The van der Waals surface area contributed by atoms with Gasteiger partial charge in [-0.25, -0.2) is 4.79 Å². The van der Waals surface area contributed by atoms with E-state index in [1.807, 2.05) is 56.4 Å². The molecule has 1 unspecified atom stereocenters. The second-order valence-corrected chi connectivity index (χ2v) is 6.97. The number of halogens is 1. The van der Waals surface area contributed by atoms with Crippen LogP contribution in [0.15, 0.2) is 42.6 Å². The number of rotatable bonds is 9. The molecule has 0 radical (unpaired) electrons. The molecular weight excluding hydrogens is 378 g/mol. The second kappa shape index (κ2) is 10.8. The van der Waals surface area contributed by atoms with Crippen LogP contribution >= 0.6 is 11.6 Å². The van der Waals surface area contributed by atoms with E-state index in [-0.39, 0.29) is 18.6 Å². The van der Waals surface area contributed by atoms with Crippen molar-refractivity contribution in [3.05, 3.63) is 58.9 Å². The summed E-state index contributed by atoms with van der Waals surface area (Å²) in [6, 6.07) is 11.4. The van der Waals surface area contributed by atoms with Crippen LogP contribution in [-0.2, 0) is 22.6 Å². The first-order valence-corrected chi connectivity index (χ1v) is 9.91. The van der Waals surface area contributed by atoms with Crippen LogP contribution in [0.2, 0.25) is 5.02 Å². The van der Waals surface area contributed by atoms with Crippen molar-refractivity contribution in [3.8, 4) is 0 Å². The smallest absolute Gasteiger partial charge is 0.325 e. The molecule has 2 amide bonds. The Hall–Kier alpha value is -2.47. The van der Waals surface area contributed by atoms with Crippen molar-refractivity contribution in [3.63, 3.8) is 0 Å². The van der Waals surface area contributed by atoms with E-state index in [9.17, 15) is 9.59 Å². The van der Waals surface area contributed by atoms with Crippen LogP contribution in [-0.4, -0.2) is 40.7 Å². The van der Waals surface area contributed by atoms with Gasteiger partial charge in [0.1, 0.15) is 6.54 Å². The van der Waals surface area contributed by atoms with Crippen molar-refractivity contribution < 1.29 is 14.3 Å². The van der Waals surface area contributed by atoms with Gasteiger partial charge in [0.15, 0.2) is 0 Å². The number of hydrogen-bond acceptors (Lipinski definition) is 3. The van der Waals surface area contributed by atoms with E-state index >= 15 is 0 Å². The van der Waals surface area contributed by atoms with Gasteiger partial charge >= 0.3 is 12.0 Å². The summed E-state index contributed by atoms with van der Waals surface area (Å²) >= 11 is 6.29. The highest BCUT2D eigenvalue weighted by molar-refractivity contribution is 6.31. The SMILES string of the molecule is CCOC(=O)CNC(=O)N(Cc1cccn1Cc1ccccc1Cl)C(C)CC. The zero-order chi connectivity index (χ0) is 20.5. The van der Waals surface area contributed by atoms with Crippen molar-refractivity contribution in [1.29, 1.82) is 0 Å². The van der Waals surface area contributed by atoms with Crippen molar-refractivity contribution in [2.45, 2.75) is 46.3 Å². The second-order valence-electron chi connectivity index (χ2n) is 6.57. The Morgan fingerprint density at radius 2 is 1.96 bits per heavy atom. The highest BCUT2D eigenvalue weighted by Crippen LogP contribution is 2.19. The topological polar surface area (TPSA) is 63.6 Å². The summed E-state index contributed by atoms with van der Waals surface area (Å²) < 4.78 is 6.95. The molecule has 7 heteroatoms. The minimum absolute atomic E-state index is 0.0193. The highest BCUT2D eigenvalue weighted by atomic mass is 35.5. The molecule has 1 atom stereocenters. The van der Waals surface area contributed by atoms with Crippen LogP contribution in [0.1, 0.15) is 38.4 Å². The number of ether oxygens (including phenoxy) is 1. The first kappa shape index (κ1) is 21.8. The molecule has 0 saturated heterocycles. The third-order valence-corrected chi connectivity index (χ3v) is 5.00. The lowest BCUT2D eigenvalue weighted by molar-refractivity contribution is -0.141. The molecule has 2 aromatic rings. The average molecular weight is 406 g/mol. The monoisotopic (exact) mass is 405 g/mol. The van der Waals surface area contributed by atoms with Gasteiger partial charge in [-0.1, -0.05) is 36.7 Å². The fraction of sp³-hybridized carbons (Fsp3) is 0.429. The minimum Gasteiger partial charge on any atom is -0.465 e. The summed E-state index contributed by atoms with van der Waals surface area (Å²) in [5, 5.41) is 3.37. The van der Waals surface area contributed by atoms with Gasteiger partial charge in [0.25, 0.3) is 0 Å². The molecule has 2 rings (SSSR count). The van der Waals surface area contributed by atoms with E-state index in [0.29, 0.717) is 24.7 Å². The number of aromatic nitrogens is 1. The number of carbonyl (C=O) groups excluding carboxylic acids is 2. The zero-order valence-corrected chi connectivity index (χ0v) is 17.4. The summed E-state index contributed by atoms with van der Waals surface area (Å²) in [6.07, 6.45) is 2.78. The predicted molar refractivity (Wildman–Crippen MR) is 110 cm³/mol. The van der Waals surface area contributed by atoms with E-state index in [2.05, 4.69) is 9.88 Å². The lowest BCUT2D eigenvalue weighted by atomic mass is 10.2. The van der Waals surface area contributed by atoms with E-state index in [1.54, 1.807) is 11.8 Å². The van der Waals surface area contributed by atoms with Gasteiger partial charge in [-0.3, -0.25) is 4.79 Å². The molecule has 0 bridgehead atoms. The number of carbonyl (C=O) groups is 2. The Kier molecular flexibility index (Phi) is 8.39. The normalized spacial score (nSPS) is 11.7. The number of urea groups is 1. The van der Waals surface area contributed by atoms with Crippen molar-refractivity contribution in [1.82, 2.24) is 14.8 Å². The molecular formula is C21H28ClN3O3. The maximum absolute atomic E-state index is 12.7. The van der Waals surface area contributed by atoms with Gasteiger partial charge in [-0.15, -0.1) is 0 Å². The molecule has 0 fully saturated rings. The van der Waals surface area contributed by atoms with Gasteiger partial charge in [-0.05, 0) is 44.0 Å². The van der Waals surface area contributed by atoms with E-state index in [0.717, 1.165) is 17.7 Å². The van der Waals surface area contributed by atoms with Crippen molar-refractivity contribution in [2.75, 3.05) is 13.2 Å². The lowest BCUT2D eigenvalue weighted by Crippen LogP contribution is -2.46. The molecule has 1 heterocycles. The maximum Gasteiger partial charge on any atom is 0.325 e. The molecule has 1 aromatic carbocycles. The number of nitrogens with zero attached hydrogens (tertiary/aromatic N) is 2. The van der Waals surface area contributed by atoms with Crippen molar-refractivity contribution >= 4 is 23.6 Å². The number of nitrogens with one attached hydrogen (secondary N) is 1. The molecule has 0 aliphatic rings. The number of hydrogen-bond donors (Lipinski definition) is 1. The van der Waals surface area contributed by atoms with E-state index < -0.39 is 5.97 Å². The Bertz CT molecular complexity index is 791. The molecule has 1 N–H and O–H groups in total. The van der Waals surface area contributed by atoms with Crippen LogP contribution in [0.4, 0.5) is 4.79 Å². The van der Waals surface area contributed by atoms with Gasteiger partial charge in [-0.2, -0.15) is 0 Å². The van der Waals surface area contributed by atoms with Crippen LogP contribution in [0.25, 0.3) is 0 Å². The first-order valence-electron chi connectivity index (χ1n) is 9.53. The number of esters is 1. The lowest BCUT2D eigenvalue weighted by Gasteiger charge is -2.29. The standard InChI is InChI=1S/C21H28ClN3O3/c1-4-16(3)25(21(27)23-13-20(26)28-5-2)15-18-10-8-12-24(18)14-17-9-6-7-11-19(17)22/h6-12,16H,4-5,13-15H2,1-3H3,(H,23,27). The predicted octanol–water partition coefficient (Wildman–Crippen LogP) is 4.06. The summed E-state index contributed by atoms with van der Waals surface area (Å²) in [6.45, 7) is 6.96.